The summed E-state index contributed by atoms with van der Waals surface area (Å²) in [4.78, 5) is 13.0. The van der Waals surface area contributed by atoms with Crippen molar-refractivity contribution >= 4 is 28.8 Å². The highest BCUT2D eigenvalue weighted by Crippen LogP contribution is 2.36. The molecule has 3 aromatic heterocycles. The van der Waals surface area contributed by atoms with Crippen molar-refractivity contribution < 1.29 is 14.4 Å². The first-order valence-corrected chi connectivity index (χ1v) is 9.34. The number of rotatable bonds is 6. The zero-order chi connectivity index (χ0) is 20.5. The first kappa shape index (κ1) is 19.6. The standard InChI is InChI=1S/C18H16Cl2N6O3/c1-9-5-26-6-14(23-16(26)4-22-9)18-24-17(25-29-18)11-2-13(20)15(3-12(11)19)28-8-10(21)7-27/h2-6,10,27H,7-8,21H2,1H3/t10-/m0/s1. The van der Waals surface area contributed by atoms with Crippen molar-refractivity contribution in [3.05, 3.63) is 46.5 Å². The van der Waals surface area contributed by atoms with Gasteiger partial charge < -0.3 is 24.5 Å². The molecule has 0 radical (unpaired) electrons. The van der Waals surface area contributed by atoms with Crippen molar-refractivity contribution in [3.63, 3.8) is 0 Å². The highest BCUT2D eigenvalue weighted by Gasteiger charge is 2.18. The Morgan fingerprint density at radius 1 is 1.24 bits per heavy atom. The average molecular weight is 435 g/mol. The number of ether oxygens (including phenoxy) is 1. The summed E-state index contributed by atoms with van der Waals surface area (Å²) in [5.74, 6) is 0.843. The third-order valence-electron chi connectivity index (χ3n) is 4.07. The van der Waals surface area contributed by atoms with Gasteiger partial charge in [-0.3, -0.25) is 4.98 Å². The second-order valence-electron chi connectivity index (χ2n) is 6.36. The highest BCUT2D eigenvalue weighted by atomic mass is 35.5. The van der Waals surface area contributed by atoms with E-state index in [0.717, 1.165) is 5.69 Å². The molecule has 0 spiro atoms. The van der Waals surface area contributed by atoms with Crippen LogP contribution in [0.1, 0.15) is 5.69 Å². The Kier molecular flexibility index (Phi) is 5.37. The van der Waals surface area contributed by atoms with Crippen LogP contribution in [0.5, 0.6) is 5.75 Å². The Morgan fingerprint density at radius 2 is 2.07 bits per heavy atom. The molecule has 1 atom stereocenters. The van der Waals surface area contributed by atoms with Crippen molar-refractivity contribution in [2.45, 2.75) is 13.0 Å². The molecule has 0 bridgehead atoms. The van der Waals surface area contributed by atoms with Gasteiger partial charge in [-0.25, -0.2) is 4.98 Å². The fourth-order valence-electron chi connectivity index (χ4n) is 2.60. The van der Waals surface area contributed by atoms with Crippen LogP contribution in [0.15, 0.2) is 35.2 Å². The second kappa shape index (κ2) is 7.96. The summed E-state index contributed by atoms with van der Waals surface area (Å²) in [6.45, 7) is 1.79. The third-order valence-corrected chi connectivity index (χ3v) is 4.67. The van der Waals surface area contributed by atoms with Crippen molar-refractivity contribution in [1.82, 2.24) is 24.5 Å². The quantitative estimate of drug-likeness (QED) is 0.474. The van der Waals surface area contributed by atoms with Crippen LogP contribution in [0.4, 0.5) is 0 Å². The van der Waals surface area contributed by atoms with E-state index in [1.165, 1.54) is 0 Å². The molecule has 0 saturated heterocycles. The zero-order valence-corrected chi connectivity index (χ0v) is 16.7. The Hall–Kier alpha value is -2.72. The summed E-state index contributed by atoms with van der Waals surface area (Å²) in [7, 11) is 0. The number of aliphatic hydroxyl groups excluding tert-OH is 1. The number of halogens is 2. The molecule has 4 aromatic rings. The fourth-order valence-corrected chi connectivity index (χ4v) is 3.06. The molecule has 150 valence electrons. The third kappa shape index (κ3) is 4.03. The maximum Gasteiger partial charge on any atom is 0.278 e. The molecule has 9 nitrogen and oxygen atoms in total. The van der Waals surface area contributed by atoms with Crippen LogP contribution in [0.3, 0.4) is 0 Å². The van der Waals surface area contributed by atoms with Crippen molar-refractivity contribution in [2.75, 3.05) is 13.2 Å². The Bertz CT molecular complexity index is 1180. The molecule has 0 aliphatic heterocycles. The van der Waals surface area contributed by atoms with E-state index < -0.39 is 6.04 Å². The van der Waals surface area contributed by atoms with Crippen molar-refractivity contribution in [2.24, 2.45) is 5.73 Å². The highest BCUT2D eigenvalue weighted by molar-refractivity contribution is 6.36. The molecule has 0 aliphatic carbocycles. The number of benzene rings is 1. The number of aliphatic hydroxyl groups is 1. The molecular formula is C18H16Cl2N6O3. The molecule has 0 fully saturated rings. The normalized spacial score (nSPS) is 12.4. The van der Waals surface area contributed by atoms with Gasteiger partial charge in [0, 0.05) is 24.0 Å². The first-order valence-electron chi connectivity index (χ1n) is 8.58. The Morgan fingerprint density at radius 3 is 2.86 bits per heavy atom. The van der Waals surface area contributed by atoms with Crippen molar-refractivity contribution in [1.29, 1.82) is 0 Å². The summed E-state index contributed by atoms with van der Waals surface area (Å²) in [6, 6.07) is 2.60. The summed E-state index contributed by atoms with van der Waals surface area (Å²) in [5, 5.41) is 13.6. The van der Waals surface area contributed by atoms with E-state index in [0.29, 0.717) is 32.7 Å². The van der Waals surface area contributed by atoms with Crippen LogP contribution >= 0.6 is 23.2 Å². The predicted molar refractivity (Wildman–Crippen MR) is 107 cm³/mol. The van der Waals surface area contributed by atoms with Crippen LogP contribution in [0.25, 0.3) is 28.6 Å². The Labute approximate surface area is 175 Å². The summed E-state index contributed by atoms with van der Waals surface area (Å²) < 4.78 is 12.7. The average Bonchev–Trinajstić information content (AvgIpc) is 3.34. The van der Waals surface area contributed by atoms with E-state index in [2.05, 4.69) is 20.1 Å². The zero-order valence-electron chi connectivity index (χ0n) is 15.2. The molecule has 0 saturated carbocycles. The molecule has 11 heteroatoms. The number of hydrogen-bond donors (Lipinski definition) is 2. The van der Waals surface area contributed by atoms with Crippen LogP contribution in [-0.4, -0.2) is 48.9 Å². The minimum Gasteiger partial charge on any atom is -0.490 e. The largest absolute Gasteiger partial charge is 0.490 e. The molecule has 0 unspecified atom stereocenters. The van der Waals surface area contributed by atoms with Gasteiger partial charge >= 0.3 is 0 Å². The van der Waals surface area contributed by atoms with E-state index in [1.54, 1.807) is 24.5 Å². The topological polar surface area (TPSA) is 125 Å². The first-order chi connectivity index (χ1) is 13.9. The smallest absolute Gasteiger partial charge is 0.278 e. The van der Waals surface area contributed by atoms with Gasteiger partial charge in [-0.05, 0) is 13.0 Å². The predicted octanol–water partition coefficient (Wildman–Crippen LogP) is 2.76. The van der Waals surface area contributed by atoms with Gasteiger partial charge in [-0.15, -0.1) is 0 Å². The lowest BCUT2D eigenvalue weighted by atomic mass is 10.2. The molecule has 29 heavy (non-hydrogen) atoms. The van der Waals surface area contributed by atoms with Gasteiger partial charge in [0.1, 0.15) is 18.1 Å². The molecule has 3 N–H and O–H groups in total. The molecule has 1 aromatic carbocycles. The van der Waals surface area contributed by atoms with E-state index >= 15 is 0 Å². The maximum absolute atomic E-state index is 8.98. The lowest BCUT2D eigenvalue weighted by Crippen LogP contribution is -2.31. The number of hydrogen-bond acceptors (Lipinski definition) is 8. The Balaban J connectivity index is 1.62. The lowest BCUT2D eigenvalue weighted by molar-refractivity contribution is 0.206. The SMILES string of the molecule is Cc1cn2cc(-c3nc(-c4cc(Cl)c(OC[C@@H](N)CO)cc4Cl)no3)nc2cn1. The number of aromatic nitrogens is 5. The minimum atomic E-state index is -0.520. The van der Waals surface area contributed by atoms with Crippen molar-refractivity contribution in [3.8, 4) is 28.7 Å². The molecule has 3 heterocycles. The van der Waals surface area contributed by atoms with Crippen LogP contribution in [0, 0.1) is 6.92 Å². The van der Waals surface area contributed by atoms with Gasteiger partial charge in [0.2, 0.25) is 5.82 Å². The van der Waals surface area contributed by atoms with Gasteiger partial charge in [0.05, 0.1) is 34.6 Å². The van der Waals surface area contributed by atoms with E-state index in [1.807, 2.05) is 17.5 Å². The number of aryl methyl sites for hydroxylation is 1. The summed E-state index contributed by atoms with van der Waals surface area (Å²) >= 11 is 12.6. The fraction of sp³-hybridized carbons (Fsp3) is 0.222. The number of nitrogens with two attached hydrogens (primary N) is 1. The number of imidazole rings is 1. The maximum atomic E-state index is 8.98. The van der Waals surface area contributed by atoms with Gasteiger partial charge in [0.15, 0.2) is 5.65 Å². The number of fused-ring (bicyclic) bond motifs is 1. The van der Waals surface area contributed by atoms with Gasteiger partial charge in [0.25, 0.3) is 5.89 Å². The molecule has 0 aliphatic rings. The molecule has 0 amide bonds. The monoisotopic (exact) mass is 434 g/mol. The second-order valence-corrected chi connectivity index (χ2v) is 7.17. The van der Waals surface area contributed by atoms with E-state index in [9.17, 15) is 0 Å². The summed E-state index contributed by atoms with van der Waals surface area (Å²) in [5.41, 5.74) is 8.14. The minimum absolute atomic E-state index is 0.0977. The lowest BCUT2D eigenvalue weighted by Gasteiger charge is -2.13. The molecule has 4 rings (SSSR count). The number of nitrogens with zero attached hydrogens (tertiary/aromatic N) is 5. The molecular weight excluding hydrogens is 419 g/mol. The van der Waals surface area contributed by atoms with E-state index in [-0.39, 0.29) is 24.9 Å². The summed E-state index contributed by atoms with van der Waals surface area (Å²) in [6.07, 6.45) is 5.28. The van der Waals surface area contributed by atoms with Crippen LogP contribution in [0.2, 0.25) is 10.0 Å². The van der Waals surface area contributed by atoms with Gasteiger partial charge in [-0.2, -0.15) is 4.98 Å². The van der Waals surface area contributed by atoms with Gasteiger partial charge in [-0.1, -0.05) is 28.4 Å². The van der Waals surface area contributed by atoms with Crippen LogP contribution in [-0.2, 0) is 0 Å². The van der Waals surface area contributed by atoms with Crippen LogP contribution < -0.4 is 10.5 Å². The van der Waals surface area contributed by atoms with E-state index in [4.69, 9.17) is 43.3 Å².